The molecule has 2 aromatic heterocycles. The van der Waals surface area contributed by atoms with Gasteiger partial charge in [0.15, 0.2) is 0 Å². The van der Waals surface area contributed by atoms with Crippen LogP contribution in [-0.2, 0) is 36.8 Å². The van der Waals surface area contributed by atoms with Gasteiger partial charge in [0.2, 0.25) is 29.5 Å². The summed E-state index contributed by atoms with van der Waals surface area (Å²) in [6, 6.07) is -4.98. The number of imidazole rings is 2. The number of amides is 5. The number of primary amides is 1. The zero-order valence-electron chi connectivity index (χ0n) is 27.1. The van der Waals surface area contributed by atoms with Crippen LogP contribution in [0.5, 0.6) is 0 Å². The highest BCUT2D eigenvalue weighted by Gasteiger charge is 2.32. The molecular formula is C30H50N10O5. The van der Waals surface area contributed by atoms with E-state index in [0.717, 1.165) is 0 Å². The van der Waals surface area contributed by atoms with Crippen LogP contribution in [0, 0.1) is 17.8 Å². The number of aromatic amines is 2. The molecule has 2 aromatic rings. The molecule has 0 unspecified atom stereocenters. The fourth-order valence-corrected chi connectivity index (χ4v) is 4.78. The lowest BCUT2D eigenvalue weighted by molar-refractivity contribution is -0.134. The van der Waals surface area contributed by atoms with Gasteiger partial charge in [-0.1, -0.05) is 41.5 Å². The molecule has 5 atom stereocenters. The molecule has 0 aliphatic heterocycles. The fraction of sp³-hybridized carbons (Fsp3) is 0.633. The smallest absolute Gasteiger partial charge is 0.243 e. The Kier molecular flexibility index (Phi) is 14.7. The lowest BCUT2D eigenvalue weighted by Crippen LogP contribution is -2.59. The average molecular weight is 631 g/mol. The number of hydrogen-bond acceptors (Lipinski definition) is 8. The average Bonchev–Trinajstić information content (AvgIpc) is 3.65. The van der Waals surface area contributed by atoms with Crippen LogP contribution >= 0.6 is 0 Å². The van der Waals surface area contributed by atoms with Crippen molar-refractivity contribution in [3.8, 4) is 0 Å². The number of carbonyl (C=O) groups excluding carboxylic acids is 5. The number of nitrogens with one attached hydrogen (secondary N) is 6. The van der Waals surface area contributed by atoms with Gasteiger partial charge in [0.1, 0.15) is 24.2 Å². The van der Waals surface area contributed by atoms with E-state index >= 15 is 0 Å². The van der Waals surface area contributed by atoms with Crippen molar-refractivity contribution in [1.29, 1.82) is 0 Å². The molecule has 2 heterocycles. The van der Waals surface area contributed by atoms with Crippen LogP contribution in [0.3, 0.4) is 0 Å². The molecule has 45 heavy (non-hydrogen) atoms. The number of carbonyl (C=O) groups is 5. The van der Waals surface area contributed by atoms with Crippen molar-refractivity contribution in [3.63, 3.8) is 0 Å². The summed E-state index contributed by atoms with van der Waals surface area (Å²) in [4.78, 5) is 79.4. The van der Waals surface area contributed by atoms with Gasteiger partial charge in [-0.3, -0.25) is 24.0 Å². The molecule has 0 saturated heterocycles. The summed E-state index contributed by atoms with van der Waals surface area (Å²) in [6.07, 6.45) is 7.07. The number of aromatic nitrogens is 4. The fourth-order valence-electron chi connectivity index (χ4n) is 4.78. The van der Waals surface area contributed by atoms with E-state index in [1.165, 1.54) is 25.0 Å². The molecule has 0 bridgehead atoms. The lowest BCUT2D eigenvalue weighted by atomic mass is 10.00. The molecule has 0 fully saturated rings. The Labute approximate surface area is 264 Å². The summed E-state index contributed by atoms with van der Waals surface area (Å²) in [7, 11) is 0. The van der Waals surface area contributed by atoms with E-state index in [9.17, 15) is 24.0 Å². The van der Waals surface area contributed by atoms with Crippen LogP contribution in [0.25, 0.3) is 0 Å². The first kappa shape index (κ1) is 36.9. The first-order valence-electron chi connectivity index (χ1n) is 15.4. The first-order valence-corrected chi connectivity index (χ1v) is 15.4. The van der Waals surface area contributed by atoms with E-state index < -0.39 is 59.7 Å². The van der Waals surface area contributed by atoms with Gasteiger partial charge >= 0.3 is 0 Å². The van der Waals surface area contributed by atoms with Gasteiger partial charge in [0.25, 0.3) is 0 Å². The van der Waals surface area contributed by atoms with E-state index in [0.29, 0.717) is 24.2 Å². The maximum atomic E-state index is 13.7. The Balaban J connectivity index is 2.28. The molecular weight excluding hydrogens is 580 g/mol. The molecule has 10 N–H and O–H groups in total. The zero-order valence-corrected chi connectivity index (χ0v) is 27.1. The minimum absolute atomic E-state index is 0.0219. The maximum absolute atomic E-state index is 13.7. The van der Waals surface area contributed by atoms with E-state index in [4.69, 9.17) is 11.5 Å². The van der Waals surface area contributed by atoms with Gasteiger partial charge in [0.05, 0.1) is 18.7 Å². The predicted molar refractivity (Wildman–Crippen MR) is 168 cm³/mol. The maximum Gasteiger partial charge on any atom is 0.243 e. The number of H-pyrrole nitrogens is 2. The summed E-state index contributed by atoms with van der Waals surface area (Å²) in [5.41, 5.74) is 12.8. The molecule has 0 radical (unpaired) electrons. The number of rotatable bonds is 19. The molecule has 5 amide bonds. The van der Waals surface area contributed by atoms with Crippen LogP contribution in [0.4, 0.5) is 0 Å². The van der Waals surface area contributed by atoms with Gasteiger partial charge in [-0.25, -0.2) is 9.97 Å². The predicted octanol–water partition coefficient (Wildman–Crippen LogP) is -0.192. The van der Waals surface area contributed by atoms with Crippen LogP contribution in [-0.4, -0.2) is 79.7 Å². The summed E-state index contributed by atoms with van der Waals surface area (Å²) >= 11 is 0. The minimum atomic E-state index is -1.12. The molecule has 0 spiro atoms. The number of nitrogens with zero attached hydrogens (tertiary/aromatic N) is 2. The van der Waals surface area contributed by atoms with Gasteiger partial charge in [-0.2, -0.15) is 0 Å². The third-order valence-electron chi connectivity index (χ3n) is 6.99. The standard InChI is InChI=1S/C30H50N10O5/c1-16(2)7-21(31)27(42)38-24(10-19-12-33-14-35-19)30(45)39-23(9-18(5)6)28(43)40-25(11-20-13-34-15-36-20)29(44)37-22(26(32)41)8-17(3)4/h12-18,21-25H,7-11,31H2,1-6H3,(H2,32,41)(H,33,35)(H,34,36)(H,37,44)(H,38,42)(H,39,45)(H,40,43)/t21-,22-,23-,24-,25-/m0/s1. The van der Waals surface area contributed by atoms with Gasteiger partial charge in [-0.05, 0) is 37.0 Å². The van der Waals surface area contributed by atoms with Crippen molar-refractivity contribution in [2.45, 2.75) is 104 Å². The first-order chi connectivity index (χ1) is 21.2. The van der Waals surface area contributed by atoms with Crippen molar-refractivity contribution in [3.05, 3.63) is 36.4 Å². The molecule has 2 rings (SSSR count). The van der Waals surface area contributed by atoms with Crippen molar-refractivity contribution in [2.75, 3.05) is 0 Å². The topological polar surface area (TPSA) is 243 Å². The minimum Gasteiger partial charge on any atom is -0.368 e. The molecule has 0 saturated carbocycles. The summed E-state index contributed by atoms with van der Waals surface area (Å²) in [6.45, 7) is 11.4. The van der Waals surface area contributed by atoms with Crippen molar-refractivity contribution < 1.29 is 24.0 Å². The number of hydrogen-bond donors (Lipinski definition) is 8. The monoisotopic (exact) mass is 630 g/mol. The molecule has 15 heteroatoms. The molecule has 0 aliphatic carbocycles. The Hall–Kier alpha value is -4.27. The van der Waals surface area contributed by atoms with E-state index in [1.54, 1.807) is 0 Å². The number of nitrogens with two attached hydrogens (primary N) is 2. The van der Waals surface area contributed by atoms with E-state index in [2.05, 4.69) is 41.2 Å². The normalized spacial score (nSPS) is 14.8. The van der Waals surface area contributed by atoms with Gasteiger partial charge in [-0.15, -0.1) is 0 Å². The lowest BCUT2D eigenvalue weighted by Gasteiger charge is -2.27. The highest BCUT2D eigenvalue weighted by Crippen LogP contribution is 2.11. The largest absolute Gasteiger partial charge is 0.368 e. The Bertz CT molecular complexity index is 1230. The van der Waals surface area contributed by atoms with Crippen molar-refractivity contribution in [1.82, 2.24) is 41.2 Å². The third-order valence-corrected chi connectivity index (χ3v) is 6.99. The van der Waals surface area contributed by atoms with Crippen molar-refractivity contribution >= 4 is 29.5 Å². The second-order valence-electron chi connectivity index (χ2n) is 12.7. The van der Waals surface area contributed by atoms with E-state index in [-0.39, 0.29) is 37.0 Å². The summed E-state index contributed by atoms with van der Waals surface area (Å²) in [5.74, 6) is -2.78. The Morgan fingerprint density at radius 2 is 1.00 bits per heavy atom. The zero-order chi connectivity index (χ0) is 33.7. The Morgan fingerprint density at radius 3 is 1.40 bits per heavy atom. The molecule has 0 aliphatic rings. The molecule has 0 aromatic carbocycles. The quantitative estimate of drug-likeness (QED) is 0.103. The second kappa shape index (κ2) is 17.9. The second-order valence-corrected chi connectivity index (χ2v) is 12.7. The van der Waals surface area contributed by atoms with Crippen LogP contribution in [0.15, 0.2) is 25.0 Å². The van der Waals surface area contributed by atoms with Crippen LogP contribution in [0.1, 0.15) is 72.2 Å². The summed E-state index contributed by atoms with van der Waals surface area (Å²) in [5, 5.41) is 10.9. The van der Waals surface area contributed by atoms with Gasteiger partial charge in [0, 0.05) is 36.6 Å². The highest BCUT2D eigenvalue weighted by atomic mass is 16.2. The van der Waals surface area contributed by atoms with Crippen LogP contribution in [0.2, 0.25) is 0 Å². The molecule has 15 nitrogen and oxygen atoms in total. The van der Waals surface area contributed by atoms with Crippen molar-refractivity contribution in [2.24, 2.45) is 29.2 Å². The van der Waals surface area contributed by atoms with E-state index in [1.807, 2.05) is 41.5 Å². The SMILES string of the molecule is CC(C)C[C@H](NC(=O)[C@H](Cc1cnc[nH]1)NC(=O)[C@H](CC(C)C)NC(=O)[C@H](Cc1cnc[nH]1)NC(=O)[C@@H](N)CC(C)C)C(N)=O. The molecule has 250 valence electrons. The van der Waals surface area contributed by atoms with Crippen LogP contribution < -0.4 is 32.7 Å². The Morgan fingerprint density at radius 1 is 0.622 bits per heavy atom. The summed E-state index contributed by atoms with van der Waals surface area (Å²) < 4.78 is 0. The van der Waals surface area contributed by atoms with Gasteiger partial charge < -0.3 is 42.7 Å². The third kappa shape index (κ3) is 13.1. The highest BCUT2D eigenvalue weighted by molar-refractivity contribution is 5.95.